The predicted octanol–water partition coefficient (Wildman–Crippen LogP) is 5.25. The summed E-state index contributed by atoms with van der Waals surface area (Å²) in [6, 6.07) is 8.95. The van der Waals surface area contributed by atoms with Gasteiger partial charge in [-0.2, -0.15) is 0 Å². The van der Waals surface area contributed by atoms with E-state index in [1.165, 1.54) is 11.3 Å². The number of fused-ring (bicyclic) bond motifs is 1. The van der Waals surface area contributed by atoms with Crippen LogP contribution in [0.3, 0.4) is 0 Å². The van der Waals surface area contributed by atoms with E-state index >= 15 is 0 Å². The van der Waals surface area contributed by atoms with Gasteiger partial charge in [-0.25, -0.2) is 4.79 Å². The van der Waals surface area contributed by atoms with Gasteiger partial charge in [0.1, 0.15) is 5.60 Å². The molecule has 1 aliphatic heterocycles. The molecule has 2 N–H and O–H groups in total. The van der Waals surface area contributed by atoms with Crippen LogP contribution in [0.5, 0.6) is 0 Å². The van der Waals surface area contributed by atoms with Crippen LogP contribution in [0.25, 0.3) is 0 Å². The lowest BCUT2D eigenvalue weighted by atomic mass is 9.71. The predicted molar refractivity (Wildman–Crippen MR) is 111 cm³/mol. The van der Waals surface area contributed by atoms with E-state index in [9.17, 15) is 4.79 Å². The van der Waals surface area contributed by atoms with E-state index in [1.54, 1.807) is 0 Å². The van der Waals surface area contributed by atoms with Gasteiger partial charge in [-0.15, -0.1) is 0 Å². The molecular formula is C23H32N2O2. The van der Waals surface area contributed by atoms with Crippen molar-refractivity contribution in [2.45, 2.75) is 58.1 Å². The molecule has 4 atom stereocenters. The Bertz CT molecular complexity index is 717. The second-order valence-electron chi connectivity index (χ2n) is 8.64. The minimum Gasteiger partial charge on any atom is -0.444 e. The number of hydrogen-bond donors (Lipinski definition) is 2. The molecule has 4 nitrogen and oxygen atoms in total. The zero-order valence-electron chi connectivity index (χ0n) is 16.9. The van der Waals surface area contributed by atoms with Crippen LogP contribution in [-0.4, -0.2) is 24.3 Å². The second kappa shape index (κ2) is 8.20. The summed E-state index contributed by atoms with van der Waals surface area (Å²) in [5.74, 6) is 1.35. The van der Waals surface area contributed by atoms with Gasteiger partial charge in [0.05, 0.1) is 0 Å². The van der Waals surface area contributed by atoms with E-state index in [4.69, 9.17) is 4.74 Å². The average molecular weight is 369 g/mol. The Morgan fingerprint density at radius 2 is 2.04 bits per heavy atom. The van der Waals surface area contributed by atoms with E-state index in [0.29, 0.717) is 30.3 Å². The first-order chi connectivity index (χ1) is 12.8. The normalized spacial score (nSPS) is 26.8. The molecule has 0 radical (unpaired) electrons. The fourth-order valence-corrected chi connectivity index (χ4v) is 4.23. The maximum Gasteiger partial charge on any atom is 0.407 e. The molecule has 1 aromatic carbocycles. The molecule has 0 bridgehead atoms. The smallest absolute Gasteiger partial charge is 0.407 e. The number of nitrogens with one attached hydrogen (secondary N) is 2. The van der Waals surface area contributed by atoms with Crippen molar-refractivity contribution in [3.8, 4) is 0 Å². The summed E-state index contributed by atoms with van der Waals surface area (Å²) in [5.41, 5.74) is 2.14. The van der Waals surface area contributed by atoms with Gasteiger partial charge in [0.2, 0.25) is 0 Å². The minimum atomic E-state index is -0.468. The highest BCUT2D eigenvalue weighted by atomic mass is 16.6. The third-order valence-corrected chi connectivity index (χ3v) is 5.50. The summed E-state index contributed by atoms with van der Waals surface area (Å²) in [4.78, 5) is 12.0. The molecule has 1 amide bonds. The van der Waals surface area contributed by atoms with Crippen molar-refractivity contribution in [1.82, 2.24) is 5.32 Å². The zero-order chi connectivity index (χ0) is 19.4. The number of ether oxygens (including phenoxy) is 1. The van der Waals surface area contributed by atoms with Crippen LogP contribution in [-0.2, 0) is 4.74 Å². The molecule has 1 heterocycles. The van der Waals surface area contributed by atoms with Crippen LogP contribution in [0.15, 0.2) is 48.6 Å². The minimum absolute atomic E-state index is 0.337. The molecular weight excluding hydrogens is 336 g/mol. The molecule has 1 aromatic rings. The van der Waals surface area contributed by atoms with Crippen LogP contribution < -0.4 is 10.6 Å². The van der Waals surface area contributed by atoms with Crippen molar-refractivity contribution in [3.05, 3.63) is 54.1 Å². The Morgan fingerprint density at radius 3 is 2.74 bits per heavy atom. The van der Waals surface area contributed by atoms with Gasteiger partial charge < -0.3 is 15.4 Å². The third-order valence-electron chi connectivity index (χ3n) is 5.50. The number of anilines is 1. The largest absolute Gasteiger partial charge is 0.444 e. The zero-order valence-corrected chi connectivity index (χ0v) is 16.9. The quantitative estimate of drug-likeness (QED) is 0.763. The van der Waals surface area contributed by atoms with Gasteiger partial charge in [-0.3, -0.25) is 0 Å². The van der Waals surface area contributed by atoms with Gasteiger partial charge in [0, 0.05) is 24.2 Å². The molecule has 0 fully saturated rings. The van der Waals surface area contributed by atoms with Crippen molar-refractivity contribution in [2.75, 3.05) is 11.9 Å². The molecule has 27 heavy (non-hydrogen) atoms. The van der Waals surface area contributed by atoms with Crippen molar-refractivity contribution in [1.29, 1.82) is 0 Å². The van der Waals surface area contributed by atoms with Crippen LogP contribution in [0.2, 0.25) is 0 Å². The molecule has 0 spiro atoms. The van der Waals surface area contributed by atoms with Crippen molar-refractivity contribution in [3.63, 3.8) is 0 Å². The molecule has 0 saturated heterocycles. The number of alkyl carbamates (subject to hydrolysis) is 1. The Morgan fingerprint density at radius 1 is 1.26 bits per heavy atom. The van der Waals surface area contributed by atoms with Gasteiger partial charge in [0.15, 0.2) is 0 Å². The monoisotopic (exact) mass is 368 g/mol. The Balaban J connectivity index is 1.70. The molecule has 0 aromatic heterocycles. The number of allylic oxidation sites excluding steroid dienone is 3. The summed E-state index contributed by atoms with van der Waals surface area (Å²) in [5, 5.41) is 6.73. The molecule has 0 saturated carbocycles. The van der Waals surface area contributed by atoms with Crippen LogP contribution in [0.4, 0.5) is 10.5 Å². The fraction of sp³-hybridized carbons (Fsp3) is 0.522. The number of para-hydroxylation sites is 1. The van der Waals surface area contributed by atoms with Crippen LogP contribution in [0, 0.1) is 11.8 Å². The van der Waals surface area contributed by atoms with Gasteiger partial charge >= 0.3 is 6.09 Å². The van der Waals surface area contributed by atoms with E-state index in [1.807, 2.05) is 20.8 Å². The SMILES string of the molecule is C[C@H]1c2ccccc2N[C@@H](C2C=CC=CC2)[C@H]1CCNC(=O)OC(C)(C)C. The third kappa shape index (κ3) is 4.94. The summed E-state index contributed by atoms with van der Waals surface area (Å²) >= 11 is 0. The first kappa shape index (κ1) is 19.5. The Labute approximate surface area is 163 Å². The van der Waals surface area contributed by atoms with Crippen LogP contribution in [0.1, 0.15) is 52.0 Å². The lowest BCUT2D eigenvalue weighted by Crippen LogP contribution is -2.44. The van der Waals surface area contributed by atoms with E-state index < -0.39 is 5.60 Å². The standard InChI is InChI=1S/C23H32N2O2/c1-16-18-12-8-9-13-20(18)25-21(17-10-6-5-7-11-17)19(16)14-15-24-22(26)27-23(2,3)4/h5-10,12-13,16-17,19,21,25H,11,14-15H2,1-4H3,(H,24,26)/t16-,17?,19-,21-/m0/s1. The molecule has 1 aliphatic carbocycles. The highest BCUT2D eigenvalue weighted by molar-refractivity contribution is 5.67. The van der Waals surface area contributed by atoms with Crippen molar-refractivity contribution in [2.24, 2.45) is 11.8 Å². The van der Waals surface area contributed by atoms with Gasteiger partial charge in [-0.1, -0.05) is 49.4 Å². The van der Waals surface area contributed by atoms with E-state index in [2.05, 4.69) is 66.1 Å². The highest BCUT2D eigenvalue weighted by Crippen LogP contribution is 2.42. The number of carbonyl (C=O) groups excluding carboxylic acids is 1. The molecule has 146 valence electrons. The summed E-state index contributed by atoms with van der Waals surface area (Å²) in [6.45, 7) is 8.59. The van der Waals surface area contributed by atoms with Crippen molar-refractivity contribution >= 4 is 11.8 Å². The fourth-order valence-electron chi connectivity index (χ4n) is 4.23. The van der Waals surface area contributed by atoms with Gasteiger partial charge in [0.25, 0.3) is 0 Å². The lowest BCUT2D eigenvalue weighted by molar-refractivity contribution is 0.0523. The number of carbonyl (C=O) groups is 1. The number of rotatable bonds is 4. The Kier molecular flexibility index (Phi) is 5.93. The van der Waals surface area contributed by atoms with E-state index in [0.717, 1.165) is 12.8 Å². The first-order valence-corrected chi connectivity index (χ1v) is 10.0. The topological polar surface area (TPSA) is 50.4 Å². The number of amides is 1. The maximum atomic E-state index is 12.0. The van der Waals surface area contributed by atoms with Crippen molar-refractivity contribution < 1.29 is 9.53 Å². The Hall–Kier alpha value is -2.23. The molecule has 3 rings (SSSR count). The summed E-state index contributed by atoms with van der Waals surface area (Å²) in [7, 11) is 0. The van der Waals surface area contributed by atoms with Gasteiger partial charge in [-0.05, 0) is 57.1 Å². The van der Waals surface area contributed by atoms with E-state index in [-0.39, 0.29) is 6.09 Å². The average Bonchev–Trinajstić information content (AvgIpc) is 2.62. The molecule has 1 unspecified atom stereocenters. The highest BCUT2D eigenvalue weighted by Gasteiger charge is 2.37. The number of benzene rings is 1. The molecule has 4 heteroatoms. The number of hydrogen-bond acceptors (Lipinski definition) is 3. The van der Waals surface area contributed by atoms with Crippen LogP contribution >= 0.6 is 0 Å². The summed E-state index contributed by atoms with van der Waals surface area (Å²) in [6.07, 6.45) is 10.5. The second-order valence-corrected chi connectivity index (χ2v) is 8.64. The molecule has 2 aliphatic rings. The summed E-state index contributed by atoms with van der Waals surface area (Å²) < 4.78 is 5.37. The lowest BCUT2D eigenvalue weighted by Gasteiger charge is -2.43. The first-order valence-electron chi connectivity index (χ1n) is 10.0. The maximum absolute atomic E-state index is 12.0.